The molecule has 0 aliphatic rings. The molecule has 2 heterocycles. The Labute approximate surface area is 130 Å². The fourth-order valence-corrected chi connectivity index (χ4v) is 2.37. The molecule has 23 heavy (non-hydrogen) atoms. The number of amides is 2. The first-order valence-corrected chi connectivity index (χ1v) is 6.84. The molecule has 7 nitrogen and oxygen atoms in total. The lowest BCUT2D eigenvalue weighted by Gasteiger charge is -2.01. The van der Waals surface area contributed by atoms with Crippen molar-refractivity contribution < 1.29 is 14.0 Å². The van der Waals surface area contributed by atoms with Gasteiger partial charge in [0.1, 0.15) is 11.5 Å². The lowest BCUT2D eigenvalue weighted by atomic mass is 10.1. The third-order valence-corrected chi connectivity index (χ3v) is 3.48. The number of anilines is 1. The van der Waals surface area contributed by atoms with Gasteiger partial charge in [0.2, 0.25) is 0 Å². The molecule has 1 aromatic carbocycles. The van der Waals surface area contributed by atoms with Crippen LogP contribution in [-0.2, 0) is 7.05 Å². The zero-order valence-corrected chi connectivity index (χ0v) is 12.5. The van der Waals surface area contributed by atoms with Crippen LogP contribution in [0.25, 0.3) is 10.9 Å². The van der Waals surface area contributed by atoms with Crippen molar-refractivity contribution in [3.63, 3.8) is 0 Å². The number of hydrogen-bond donors (Lipinski definition) is 3. The van der Waals surface area contributed by atoms with E-state index in [4.69, 9.17) is 0 Å². The molecule has 0 unspecified atom stereocenters. The molecule has 0 bridgehead atoms. The summed E-state index contributed by atoms with van der Waals surface area (Å²) in [5.41, 5.74) is 1.00. The van der Waals surface area contributed by atoms with Crippen LogP contribution in [0.2, 0.25) is 0 Å². The fraction of sp³-hybridized carbons (Fsp3) is 0.133. The van der Waals surface area contributed by atoms with E-state index in [1.165, 1.54) is 30.1 Å². The number of halogens is 1. The molecular weight excluding hydrogens is 301 g/mol. The molecule has 3 rings (SSSR count). The maximum absolute atomic E-state index is 13.9. The van der Waals surface area contributed by atoms with Gasteiger partial charge >= 0.3 is 0 Å². The molecule has 2 amide bonds. The predicted octanol–water partition coefficient (Wildman–Crippen LogP) is 1.65. The number of nitrogens with zero attached hydrogens (tertiary/aromatic N) is 2. The SMILES string of the molecule is CNC(=O)c1cc(NC(=O)c2c[nH]c3cccc(F)c23)nn1C. The Morgan fingerprint density at radius 1 is 1.30 bits per heavy atom. The molecule has 3 N–H and O–H groups in total. The van der Waals surface area contributed by atoms with Gasteiger partial charge in [0.25, 0.3) is 11.8 Å². The van der Waals surface area contributed by atoms with Gasteiger partial charge in [-0.2, -0.15) is 5.10 Å². The van der Waals surface area contributed by atoms with Crippen LogP contribution in [-0.4, -0.2) is 33.6 Å². The largest absolute Gasteiger partial charge is 0.360 e. The quantitative estimate of drug-likeness (QED) is 0.686. The van der Waals surface area contributed by atoms with Crippen LogP contribution in [0, 0.1) is 5.82 Å². The van der Waals surface area contributed by atoms with E-state index in [-0.39, 0.29) is 22.7 Å². The lowest BCUT2D eigenvalue weighted by molar-refractivity contribution is 0.0953. The monoisotopic (exact) mass is 315 g/mol. The van der Waals surface area contributed by atoms with Gasteiger partial charge in [0.15, 0.2) is 5.82 Å². The van der Waals surface area contributed by atoms with E-state index >= 15 is 0 Å². The number of carbonyl (C=O) groups excluding carboxylic acids is 2. The van der Waals surface area contributed by atoms with Gasteiger partial charge in [-0.25, -0.2) is 4.39 Å². The number of aryl methyl sites for hydroxylation is 1. The zero-order valence-electron chi connectivity index (χ0n) is 12.5. The van der Waals surface area contributed by atoms with Crippen LogP contribution in [0.4, 0.5) is 10.2 Å². The Bertz CT molecular complexity index is 912. The molecule has 0 atom stereocenters. The summed E-state index contributed by atoms with van der Waals surface area (Å²) >= 11 is 0. The highest BCUT2D eigenvalue weighted by atomic mass is 19.1. The Morgan fingerprint density at radius 2 is 2.09 bits per heavy atom. The van der Waals surface area contributed by atoms with E-state index in [1.807, 2.05) is 0 Å². The Hall–Kier alpha value is -3.16. The Balaban J connectivity index is 1.91. The van der Waals surface area contributed by atoms with Gasteiger partial charge in [0, 0.05) is 37.3 Å². The van der Waals surface area contributed by atoms with Crippen molar-refractivity contribution in [2.24, 2.45) is 7.05 Å². The van der Waals surface area contributed by atoms with Crippen molar-refractivity contribution in [3.05, 3.63) is 47.5 Å². The van der Waals surface area contributed by atoms with E-state index in [0.29, 0.717) is 11.2 Å². The topological polar surface area (TPSA) is 91.8 Å². The number of fused-ring (bicyclic) bond motifs is 1. The average Bonchev–Trinajstić information content (AvgIpc) is 3.11. The van der Waals surface area contributed by atoms with Gasteiger partial charge in [-0.15, -0.1) is 0 Å². The second-order valence-electron chi connectivity index (χ2n) is 4.94. The number of carbonyl (C=O) groups is 2. The van der Waals surface area contributed by atoms with Crippen LogP contribution in [0.3, 0.4) is 0 Å². The summed E-state index contributed by atoms with van der Waals surface area (Å²) in [6.07, 6.45) is 1.44. The van der Waals surface area contributed by atoms with Crippen LogP contribution < -0.4 is 10.6 Å². The van der Waals surface area contributed by atoms with E-state index in [1.54, 1.807) is 19.2 Å². The molecule has 0 saturated carbocycles. The summed E-state index contributed by atoms with van der Waals surface area (Å²) in [6.45, 7) is 0. The molecule has 0 saturated heterocycles. The molecule has 2 aromatic heterocycles. The van der Waals surface area contributed by atoms with Gasteiger partial charge in [-0.3, -0.25) is 14.3 Å². The molecule has 0 aliphatic heterocycles. The van der Waals surface area contributed by atoms with Crippen molar-refractivity contribution in [2.75, 3.05) is 12.4 Å². The first-order valence-electron chi connectivity index (χ1n) is 6.84. The maximum atomic E-state index is 13.9. The molecular formula is C15H14FN5O2. The predicted molar refractivity (Wildman–Crippen MR) is 82.8 cm³/mol. The number of aromatic amines is 1. The van der Waals surface area contributed by atoms with E-state index in [9.17, 15) is 14.0 Å². The lowest BCUT2D eigenvalue weighted by Crippen LogP contribution is -2.20. The number of H-pyrrole nitrogens is 1. The molecule has 0 radical (unpaired) electrons. The summed E-state index contributed by atoms with van der Waals surface area (Å²) in [6, 6.07) is 5.98. The number of rotatable bonds is 3. The van der Waals surface area contributed by atoms with Crippen LogP contribution >= 0.6 is 0 Å². The normalized spacial score (nSPS) is 10.7. The van der Waals surface area contributed by atoms with E-state index in [0.717, 1.165) is 0 Å². The molecule has 0 fully saturated rings. The van der Waals surface area contributed by atoms with Crippen molar-refractivity contribution in [3.8, 4) is 0 Å². The minimum Gasteiger partial charge on any atom is -0.360 e. The smallest absolute Gasteiger partial charge is 0.269 e. The van der Waals surface area contributed by atoms with Gasteiger partial charge in [-0.05, 0) is 12.1 Å². The van der Waals surface area contributed by atoms with Gasteiger partial charge in [0.05, 0.1) is 5.56 Å². The molecule has 8 heteroatoms. The van der Waals surface area contributed by atoms with Crippen molar-refractivity contribution in [1.82, 2.24) is 20.1 Å². The number of benzene rings is 1. The van der Waals surface area contributed by atoms with Crippen molar-refractivity contribution in [1.29, 1.82) is 0 Å². The highest BCUT2D eigenvalue weighted by Crippen LogP contribution is 2.22. The third-order valence-electron chi connectivity index (χ3n) is 3.48. The average molecular weight is 315 g/mol. The third kappa shape index (κ3) is 2.54. The number of aromatic nitrogens is 3. The van der Waals surface area contributed by atoms with Crippen LogP contribution in [0.15, 0.2) is 30.5 Å². The Morgan fingerprint density at radius 3 is 2.83 bits per heavy atom. The first kappa shape index (κ1) is 14.8. The summed E-state index contributed by atoms with van der Waals surface area (Å²) < 4.78 is 15.3. The molecule has 0 aliphatic carbocycles. The number of nitrogens with one attached hydrogen (secondary N) is 3. The van der Waals surface area contributed by atoms with Gasteiger partial charge < -0.3 is 15.6 Å². The minimum absolute atomic E-state index is 0.172. The highest BCUT2D eigenvalue weighted by Gasteiger charge is 2.18. The second kappa shape index (κ2) is 5.56. The summed E-state index contributed by atoms with van der Waals surface area (Å²) in [5.74, 6) is -1.11. The summed E-state index contributed by atoms with van der Waals surface area (Å²) in [5, 5.41) is 9.31. The second-order valence-corrected chi connectivity index (χ2v) is 4.94. The first-order chi connectivity index (χ1) is 11.0. The molecule has 118 valence electrons. The van der Waals surface area contributed by atoms with Crippen LogP contribution in [0.5, 0.6) is 0 Å². The van der Waals surface area contributed by atoms with Crippen molar-refractivity contribution >= 4 is 28.5 Å². The highest BCUT2D eigenvalue weighted by molar-refractivity contribution is 6.12. The summed E-state index contributed by atoms with van der Waals surface area (Å²) in [4.78, 5) is 26.8. The molecule has 3 aromatic rings. The summed E-state index contributed by atoms with van der Waals surface area (Å²) in [7, 11) is 3.09. The van der Waals surface area contributed by atoms with Crippen LogP contribution in [0.1, 0.15) is 20.8 Å². The Kier molecular flexibility index (Phi) is 3.57. The van der Waals surface area contributed by atoms with E-state index in [2.05, 4.69) is 20.7 Å². The number of hydrogen-bond acceptors (Lipinski definition) is 3. The fourth-order valence-electron chi connectivity index (χ4n) is 2.37. The van der Waals surface area contributed by atoms with Gasteiger partial charge in [-0.1, -0.05) is 6.07 Å². The maximum Gasteiger partial charge on any atom is 0.269 e. The zero-order chi connectivity index (χ0) is 16.6. The minimum atomic E-state index is -0.511. The van der Waals surface area contributed by atoms with Crippen molar-refractivity contribution in [2.45, 2.75) is 0 Å². The van der Waals surface area contributed by atoms with E-state index < -0.39 is 11.7 Å². The molecule has 0 spiro atoms. The standard InChI is InChI=1S/C15H14FN5O2/c1-17-15(23)11-6-12(20-21(11)2)19-14(22)8-7-18-10-5-3-4-9(16)13(8)10/h3-7,18H,1-2H3,(H,17,23)(H,19,20,22).